The Kier molecular flexibility index (Phi) is 5.58. The van der Waals surface area contributed by atoms with Gasteiger partial charge in [0, 0.05) is 12.2 Å². The van der Waals surface area contributed by atoms with Gasteiger partial charge in [0.15, 0.2) is 0 Å². The van der Waals surface area contributed by atoms with Crippen molar-refractivity contribution in [3.05, 3.63) is 29.6 Å². The van der Waals surface area contributed by atoms with E-state index in [1.54, 1.807) is 13.0 Å². The van der Waals surface area contributed by atoms with Crippen molar-refractivity contribution in [3.8, 4) is 0 Å². The van der Waals surface area contributed by atoms with Crippen molar-refractivity contribution in [2.24, 2.45) is 0 Å². The lowest BCUT2D eigenvalue weighted by Gasteiger charge is -2.13. The third kappa shape index (κ3) is 4.71. The molecule has 0 fully saturated rings. The lowest BCUT2D eigenvalue weighted by Crippen LogP contribution is -2.24. The quantitative estimate of drug-likeness (QED) is 0.762. The van der Waals surface area contributed by atoms with Crippen LogP contribution in [0.25, 0.3) is 0 Å². The first-order valence-electron chi connectivity index (χ1n) is 5.86. The summed E-state index contributed by atoms with van der Waals surface area (Å²) >= 11 is 0. The van der Waals surface area contributed by atoms with Crippen molar-refractivity contribution < 1.29 is 19.0 Å². The number of ether oxygens (including phenoxy) is 1. The normalized spacial score (nSPS) is 12.0. The van der Waals surface area contributed by atoms with Crippen molar-refractivity contribution in [2.75, 3.05) is 18.5 Å². The molecule has 1 rings (SSSR count). The highest BCUT2D eigenvalue weighted by Crippen LogP contribution is 2.15. The summed E-state index contributed by atoms with van der Waals surface area (Å²) in [6, 6.07) is 4.37. The SMILES string of the molecule is CCOC(=O)CC(O)CNc1cc(F)ccc1C. The number of rotatable bonds is 6. The van der Waals surface area contributed by atoms with E-state index in [0.29, 0.717) is 12.3 Å². The molecule has 1 aromatic rings. The van der Waals surface area contributed by atoms with Gasteiger partial charge >= 0.3 is 5.97 Å². The molecule has 100 valence electrons. The standard InChI is InChI=1S/C13H18FNO3/c1-3-18-13(17)7-11(16)8-15-12-6-10(14)5-4-9(12)2/h4-6,11,15-16H,3,7-8H2,1-2H3. The average molecular weight is 255 g/mol. The summed E-state index contributed by atoms with van der Waals surface area (Å²) in [5.41, 5.74) is 1.48. The number of esters is 1. The van der Waals surface area contributed by atoms with Gasteiger partial charge in [0.25, 0.3) is 0 Å². The van der Waals surface area contributed by atoms with Crippen LogP contribution < -0.4 is 5.32 Å². The molecule has 0 amide bonds. The number of anilines is 1. The largest absolute Gasteiger partial charge is 0.466 e. The number of aryl methyl sites for hydroxylation is 1. The van der Waals surface area contributed by atoms with Crippen molar-refractivity contribution in [3.63, 3.8) is 0 Å². The van der Waals surface area contributed by atoms with E-state index in [1.165, 1.54) is 12.1 Å². The van der Waals surface area contributed by atoms with Gasteiger partial charge < -0.3 is 15.2 Å². The van der Waals surface area contributed by atoms with Crippen LogP contribution in [0.5, 0.6) is 0 Å². The van der Waals surface area contributed by atoms with E-state index in [9.17, 15) is 14.3 Å². The molecule has 0 bridgehead atoms. The van der Waals surface area contributed by atoms with E-state index in [1.807, 2.05) is 6.92 Å². The first-order chi connectivity index (χ1) is 8.52. The molecular formula is C13H18FNO3. The molecule has 0 saturated heterocycles. The lowest BCUT2D eigenvalue weighted by atomic mass is 10.2. The summed E-state index contributed by atoms with van der Waals surface area (Å²) in [4.78, 5) is 11.1. The van der Waals surface area contributed by atoms with Crippen LogP contribution in [-0.2, 0) is 9.53 Å². The van der Waals surface area contributed by atoms with Gasteiger partial charge in [0.05, 0.1) is 19.1 Å². The fourth-order valence-corrected chi connectivity index (χ4v) is 1.50. The van der Waals surface area contributed by atoms with E-state index >= 15 is 0 Å². The maximum absolute atomic E-state index is 13.0. The molecule has 0 radical (unpaired) electrons. The summed E-state index contributed by atoms with van der Waals surface area (Å²) in [6.07, 6.45) is -0.929. The second-order valence-electron chi connectivity index (χ2n) is 4.00. The van der Waals surface area contributed by atoms with Gasteiger partial charge in [0.1, 0.15) is 5.82 Å². The van der Waals surface area contributed by atoms with Crippen molar-refractivity contribution >= 4 is 11.7 Å². The van der Waals surface area contributed by atoms with Gasteiger partial charge in [-0.3, -0.25) is 4.79 Å². The van der Waals surface area contributed by atoms with Gasteiger partial charge in [0.2, 0.25) is 0 Å². The van der Waals surface area contributed by atoms with E-state index in [4.69, 9.17) is 4.74 Å². The van der Waals surface area contributed by atoms with E-state index in [-0.39, 0.29) is 18.8 Å². The fraction of sp³-hybridized carbons (Fsp3) is 0.462. The lowest BCUT2D eigenvalue weighted by molar-refractivity contribution is -0.145. The van der Waals surface area contributed by atoms with Crippen LogP contribution >= 0.6 is 0 Å². The minimum atomic E-state index is -0.855. The second-order valence-corrected chi connectivity index (χ2v) is 4.00. The molecule has 0 spiro atoms. The molecule has 0 heterocycles. The Balaban J connectivity index is 2.44. The zero-order valence-corrected chi connectivity index (χ0v) is 10.6. The number of aliphatic hydroxyl groups is 1. The summed E-state index contributed by atoms with van der Waals surface area (Å²) in [7, 11) is 0. The zero-order chi connectivity index (χ0) is 13.5. The summed E-state index contributed by atoms with van der Waals surface area (Å²) < 4.78 is 17.7. The molecule has 1 unspecified atom stereocenters. The smallest absolute Gasteiger partial charge is 0.308 e. The van der Waals surface area contributed by atoms with Crippen molar-refractivity contribution in [1.29, 1.82) is 0 Å². The van der Waals surface area contributed by atoms with Gasteiger partial charge in [-0.15, -0.1) is 0 Å². The third-order valence-electron chi connectivity index (χ3n) is 2.44. The Morgan fingerprint density at radius 2 is 2.28 bits per heavy atom. The number of halogens is 1. The number of hydrogen-bond acceptors (Lipinski definition) is 4. The van der Waals surface area contributed by atoms with Crippen LogP contribution in [0.3, 0.4) is 0 Å². The Hall–Kier alpha value is -1.62. The Morgan fingerprint density at radius 3 is 2.94 bits per heavy atom. The molecular weight excluding hydrogens is 237 g/mol. The molecule has 0 aliphatic rings. The summed E-state index contributed by atoms with van der Waals surface area (Å²) in [5.74, 6) is -0.786. The Morgan fingerprint density at radius 1 is 1.56 bits per heavy atom. The maximum Gasteiger partial charge on any atom is 0.308 e. The van der Waals surface area contributed by atoms with Gasteiger partial charge in [-0.05, 0) is 31.5 Å². The van der Waals surface area contributed by atoms with E-state index in [2.05, 4.69) is 5.32 Å². The monoisotopic (exact) mass is 255 g/mol. The van der Waals surface area contributed by atoms with Crippen LogP contribution in [0.2, 0.25) is 0 Å². The summed E-state index contributed by atoms with van der Waals surface area (Å²) in [5, 5.41) is 12.5. The molecule has 0 saturated carbocycles. The predicted molar refractivity (Wildman–Crippen MR) is 66.9 cm³/mol. The highest BCUT2D eigenvalue weighted by molar-refractivity contribution is 5.70. The van der Waals surface area contributed by atoms with Crippen LogP contribution in [0.15, 0.2) is 18.2 Å². The van der Waals surface area contributed by atoms with Crippen molar-refractivity contribution in [2.45, 2.75) is 26.4 Å². The molecule has 0 aliphatic heterocycles. The van der Waals surface area contributed by atoms with E-state index in [0.717, 1.165) is 5.56 Å². The molecule has 1 aromatic carbocycles. The van der Waals surface area contributed by atoms with Crippen molar-refractivity contribution in [1.82, 2.24) is 0 Å². The van der Waals surface area contributed by atoms with Gasteiger partial charge in [-0.2, -0.15) is 0 Å². The number of hydrogen-bond donors (Lipinski definition) is 2. The van der Waals surface area contributed by atoms with Crippen LogP contribution in [0, 0.1) is 12.7 Å². The molecule has 5 heteroatoms. The second kappa shape index (κ2) is 6.96. The zero-order valence-electron chi connectivity index (χ0n) is 10.6. The number of carbonyl (C=O) groups is 1. The minimum Gasteiger partial charge on any atom is -0.466 e. The number of nitrogens with one attached hydrogen (secondary N) is 1. The third-order valence-corrected chi connectivity index (χ3v) is 2.44. The highest BCUT2D eigenvalue weighted by Gasteiger charge is 2.11. The predicted octanol–water partition coefficient (Wildman–Crippen LogP) is 1.86. The number of aliphatic hydroxyl groups excluding tert-OH is 1. The number of benzene rings is 1. The molecule has 18 heavy (non-hydrogen) atoms. The fourth-order valence-electron chi connectivity index (χ4n) is 1.50. The topological polar surface area (TPSA) is 58.6 Å². The summed E-state index contributed by atoms with van der Waals surface area (Å²) in [6.45, 7) is 4.00. The molecule has 0 aliphatic carbocycles. The molecule has 1 atom stereocenters. The Bertz CT molecular complexity index is 409. The first kappa shape index (κ1) is 14.4. The van der Waals surface area contributed by atoms with Crippen LogP contribution in [0.1, 0.15) is 18.9 Å². The minimum absolute atomic E-state index is 0.0742. The van der Waals surface area contributed by atoms with Gasteiger partial charge in [-0.25, -0.2) is 4.39 Å². The molecule has 0 aromatic heterocycles. The Labute approximate surface area is 106 Å². The highest BCUT2D eigenvalue weighted by atomic mass is 19.1. The first-order valence-corrected chi connectivity index (χ1v) is 5.86. The maximum atomic E-state index is 13.0. The van der Waals surface area contributed by atoms with Crippen LogP contribution in [-0.4, -0.2) is 30.3 Å². The number of carbonyl (C=O) groups excluding carboxylic acids is 1. The van der Waals surface area contributed by atoms with E-state index < -0.39 is 12.1 Å². The van der Waals surface area contributed by atoms with Gasteiger partial charge in [-0.1, -0.05) is 6.07 Å². The average Bonchev–Trinajstić information content (AvgIpc) is 2.30. The molecule has 2 N–H and O–H groups in total. The molecule has 4 nitrogen and oxygen atoms in total. The van der Waals surface area contributed by atoms with Crippen LogP contribution in [0.4, 0.5) is 10.1 Å².